The molecule has 0 spiro atoms. The lowest BCUT2D eigenvalue weighted by Crippen LogP contribution is -2.17. The summed E-state index contributed by atoms with van der Waals surface area (Å²) in [5.74, 6) is -1.30. The summed E-state index contributed by atoms with van der Waals surface area (Å²) in [6.45, 7) is 3.81. The van der Waals surface area contributed by atoms with E-state index in [9.17, 15) is 18.5 Å². The number of carbonyl (C=O) groups is 1. The van der Waals surface area contributed by atoms with Crippen molar-refractivity contribution < 1.29 is 22.7 Å². The first kappa shape index (κ1) is 26.4. The van der Waals surface area contributed by atoms with Gasteiger partial charge in [-0.3, -0.25) is 4.79 Å². The van der Waals surface area contributed by atoms with E-state index in [2.05, 4.69) is 25.4 Å². The molecule has 1 aliphatic rings. The monoisotopic (exact) mass is 538 g/mol. The number of rotatable bonds is 8. The molecule has 192 valence electrons. The Bertz CT molecular complexity index is 1490. The smallest absolute Gasteiger partial charge is 0.322 e. The number of methoxy groups -OCH3 is 1. The summed E-state index contributed by atoms with van der Waals surface area (Å²) in [4.78, 5) is 11.4. The Morgan fingerprint density at radius 2 is 2.05 bits per heavy atom. The zero-order chi connectivity index (χ0) is 26.6. The minimum absolute atomic E-state index is 0.0443. The van der Waals surface area contributed by atoms with Crippen LogP contribution in [0.2, 0.25) is 0 Å². The highest BCUT2D eigenvalue weighted by Crippen LogP contribution is 2.39. The predicted molar refractivity (Wildman–Crippen MR) is 141 cm³/mol. The van der Waals surface area contributed by atoms with Gasteiger partial charge in [-0.1, -0.05) is 29.5 Å². The van der Waals surface area contributed by atoms with E-state index in [4.69, 9.17) is 4.74 Å². The van der Waals surface area contributed by atoms with Gasteiger partial charge >= 0.3 is 5.97 Å². The van der Waals surface area contributed by atoms with Crippen LogP contribution in [0.1, 0.15) is 49.3 Å². The van der Waals surface area contributed by atoms with E-state index in [0.717, 1.165) is 53.6 Å². The quantitative estimate of drug-likeness (QED) is 0.302. The number of nitrogens with zero attached hydrogens (tertiary/aromatic N) is 4. The number of esters is 1. The number of fused-ring (bicyclic) bond motifs is 1. The van der Waals surface area contributed by atoms with Gasteiger partial charge in [-0.05, 0) is 62.4 Å². The summed E-state index contributed by atoms with van der Waals surface area (Å²) in [6.07, 6.45) is 3.79. The van der Waals surface area contributed by atoms with Crippen molar-refractivity contribution in [1.82, 2.24) is 10.2 Å². The van der Waals surface area contributed by atoms with Crippen LogP contribution < -0.4 is 4.74 Å². The second-order valence-corrected chi connectivity index (χ2v) is 11.5. The molecule has 1 heterocycles. The van der Waals surface area contributed by atoms with Gasteiger partial charge in [-0.25, -0.2) is 8.42 Å². The van der Waals surface area contributed by atoms with E-state index in [0.29, 0.717) is 16.3 Å². The highest BCUT2D eigenvalue weighted by atomic mass is 32.2. The largest absolute Gasteiger partial charge is 0.490 e. The first-order chi connectivity index (χ1) is 17.7. The molecule has 0 amide bonds. The van der Waals surface area contributed by atoms with E-state index in [1.165, 1.54) is 17.6 Å². The molecule has 0 saturated carbocycles. The zero-order valence-electron chi connectivity index (χ0n) is 20.7. The number of aromatic nitrogens is 2. The standard InChI is InChI=1S/C26H26N4O5S2/c1-16(2)35-23-11-10-17(12-19(23)13-27)25-29-30-26(36-25)22-9-5-7-20-18(6-4-8-21(20)22)14-28-37(32,33)15-24(31)34-3/h5,7,9-12,14,16,18H,4,6,8,15H2,1-3H3. The van der Waals surface area contributed by atoms with Gasteiger partial charge in [0.15, 0.2) is 5.75 Å². The number of carbonyl (C=O) groups excluding carboxylic acids is 1. The van der Waals surface area contributed by atoms with E-state index < -0.39 is 21.7 Å². The summed E-state index contributed by atoms with van der Waals surface area (Å²) in [5.41, 5.74) is 4.22. The van der Waals surface area contributed by atoms with E-state index in [1.54, 1.807) is 12.1 Å². The first-order valence-electron chi connectivity index (χ1n) is 11.7. The summed E-state index contributed by atoms with van der Waals surface area (Å²) < 4.78 is 38.2. The van der Waals surface area contributed by atoms with E-state index in [-0.39, 0.29) is 12.0 Å². The molecule has 9 nitrogen and oxygen atoms in total. The number of nitriles is 1. The molecular weight excluding hydrogens is 512 g/mol. The first-order valence-corrected chi connectivity index (χ1v) is 14.1. The summed E-state index contributed by atoms with van der Waals surface area (Å²) >= 11 is 1.43. The second kappa shape index (κ2) is 11.2. The van der Waals surface area contributed by atoms with E-state index >= 15 is 0 Å². The van der Waals surface area contributed by atoms with Crippen molar-refractivity contribution in [1.29, 1.82) is 5.26 Å². The van der Waals surface area contributed by atoms with Crippen molar-refractivity contribution in [2.45, 2.75) is 45.1 Å². The van der Waals surface area contributed by atoms with Crippen LogP contribution in [0.25, 0.3) is 21.1 Å². The molecule has 3 aromatic rings. The molecule has 1 aromatic heterocycles. The van der Waals surface area contributed by atoms with E-state index in [1.807, 2.05) is 38.1 Å². The Balaban J connectivity index is 1.62. The average molecular weight is 539 g/mol. The topological polar surface area (TPSA) is 132 Å². The highest BCUT2D eigenvalue weighted by Gasteiger charge is 2.24. The van der Waals surface area contributed by atoms with Crippen molar-refractivity contribution in [3.05, 3.63) is 53.1 Å². The third-order valence-electron chi connectivity index (χ3n) is 5.85. The molecule has 1 aliphatic carbocycles. The normalized spacial score (nSPS) is 15.4. The lowest BCUT2D eigenvalue weighted by Gasteiger charge is -2.24. The maximum atomic E-state index is 12.2. The molecular formula is C26H26N4O5S2. The van der Waals surface area contributed by atoms with Crippen molar-refractivity contribution in [3.63, 3.8) is 0 Å². The van der Waals surface area contributed by atoms with Gasteiger partial charge in [0.25, 0.3) is 10.0 Å². The van der Waals surface area contributed by atoms with Crippen LogP contribution in [0.4, 0.5) is 0 Å². The SMILES string of the molecule is COC(=O)CS(=O)(=O)N=CC1CCCc2c(-c3nnc(-c4ccc(OC(C)C)c(C#N)c4)s3)cccc21. The van der Waals surface area contributed by atoms with Crippen molar-refractivity contribution >= 4 is 33.5 Å². The van der Waals surface area contributed by atoms with Gasteiger partial charge < -0.3 is 9.47 Å². The number of ether oxygens (including phenoxy) is 2. The van der Waals surface area contributed by atoms with Gasteiger partial charge in [0, 0.05) is 23.3 Å². The van der Waals surface area contributed by atoms with Gasteiger partial charge in [-0.15, -0.1) is 10.2 Å². The number of sulfonamides is 1. The molecule has 2 aromatic carbocycles. The minimum atomic E-state index is -3.96. The van der Waals surface area contributed by atoms with Crippen LogP contribution in [0, 0.1) is 11.3 Å². The third kappa shape index (κ3) is 6.21. The molecule has 11 heteroatoms. The molecule has 1 atom stereocenters. The number of hydrogen-bond donors (Lipinski definition) is 0. The number of hydrogen-bond acceptors (Lipinski definition) is 9. The fraction of sp³-hybridized carbons (Fsp3) is 0.346. The van der Waals surface area contributed by atoms with Gasteiger partial charge in [0.05, 0.1) is 18.8 Å². The van der Waals surface area contributed by atoms with Gasteiger partial charge in [0.1, 0.15) is 21.8 Å². The zero-order valence-corrected chi connectivity index (χ0v) is 22.3. The molecule has 0 bridgehead atoms. The van der Waals surface area contributed by atoms with Crippen LogP contribution in [0.5, 0.6) is 5.75 Å². The lowest BCUT2D eigenvalue weighted by atomic mass is 9.81. The Labute approximate surface area is 219 Å². The van der Waals surface area contributed by atoms with Crippen LogP contribution >= 0.6 is 11.3 Å². The van der Waals surface area contributed by atoms with Gasteiger partial charge in [0.2, 0.25) is 0 Å². The fourth-order valence-corrected chi connectivity index (χ4v) is 5.92. The molecule has 0 radical (unpaired) electrons. The second-order valence-electron chi connectivity index (χ2n) is 8.83. The van der Waals surface area contributed by atoms with Crippen LogP contribution in [0.15, 0.2) is 40.8 Å². The fourth-order valence-electron chi connectivity index (χ4n) is 4.21. The molecule has 0 aliphatic heterocycles. The average Bonchev–Trinajstić information content (AvgIpc) is 3.37. The maximum Gasteiger partial charge on any atom is 0.322 e. The van der Waals surface area contributed by atoms with Crippen molar-refractivity contribution in [2.24, 2.45) is 4.40 Å². The Kier molecular flexibility index (Phi) is 8.00. The minimum Gasteiger partial charge on any atom is -0.490 e. The highest BCUT2D eigenvalue weighted by molar-refractivity contribution is 7.90. The molecule has 0 saturated heterocycles. The maximum absolute atomic E-state index is 12.2. The summed E-state index contributed by atoms with van der Waals surface area (Å²) in [6, 6.07) is 13.4. The Hall–Kier alpha value is -3.62. The third-order valence-corrected chi connectivity index (χ3v) is 7.90. The molecule has 4 rings (SSSR count). The van der Waals surface area contributed by atoms with Crippen LogP contribution in [-0.2, 0) is 26.0 Å². The molecule has 1 unspecified atom stereocenters. The van der Waals surface area contributed by atoms with Crippen molar-refractivity contribution in [3.8, 4) is 33.0 Å². The van der Waals surface area contributed by atoms with Crippen molar-refractivity contribution in [2.75, 3.05) is 12.9 Å². The number of benzene rings is 2. The van der Waals surface area contributed by atoms with Crippen LogP contribution in [-0.4, -0.2) is 49.8 Å². The molecule has 37 heavy (non-hydrogen) atoms. The van der Waals surface area contributed by atoms with Gasteiger partial charge in [-0.2, -0.15) is 9.66 Å². The molecule has 0 fully saturated rings. The summed E-state index contributed by atoms with van der Waals surface area (Å²) in [7, 11) is -2.82. The summed E-state index contributed by atoms with van der Waals surface area (Å²) in [5, 5.41) is 19.8. The van der Waals surface area contributed by atoms with Crippen LogP contribution in [0.3, 0.4) is 0 Å². The lowest BCUT2D eigenvalue weighted by molar-refractivity contribution is -0.137. The molecule has 0 N–H and O–H groups in total. The predicted octanol–water partition coefficient (Wildman–Crippen LogP) is 4.52. The Morgan fingerprint density at radius 3 is 2.78 bits per heavy atom. The Morgan fingerprint density at radius 1 is 1.27 bits per heavy atom.